The molecule has 0 bridgehead atoms. The lowest BCUT2D eigenvalue weighted by atomic mass is 10.3. The van der Waals surface area contributed by atoms with E-state index in [0.29, 0.717) is 11.5 Å². The second-order valence-corrected chi connectivity index (χ2v) is 3.47. The Kier molecular flexibility index (Phi) is 8.31. The van der Waals surface area contributed by atoms with Gasteiger partial charge in [-0.2, -0.15) is 25.3 Å². The summed E-state index contributed by atoms with van der Waals surface area (Å²) in [6.45, 7) is 1.93. The minimum Gasteiger partial charge on any atom is -0.462 e. The summed E-state index contributed by atoms with van der Waals surface area (Å²) >= 11 is 7.76. The summed E-state index contributed by atoms with van der Waals surface area (Å²) in [7, 11) is 0. The quantitative estimate of drug-likeness (QED) is 0.417. The molecular formula is C9H14O4S2. The van der Waals surface area contributed by atoms with Crippen molar-refractivity contribution in [3.63, 3.8) is 0 Å². The van der Waals surface area contributed by atoms with E-state index in [2.05, 4.69) is 25.3 Å². The Hall–Kier alpha value is -0.620. The molecule has 0 spiro atoms. The maximum Gasteiger partial charge on any atom is 0.334 e. The molecule has 6 heteroatoms. The minimum absolute atomic E-state index is 0.209. The van der Waals surface area contributed by atoms with Crippen LogP contribution in [0.5, 0.6) is 0 Å². The van der Waals surface area contributed by atoms with Crippen LogP contribution in [0.2, 0.25) is 0 Å². The van der Waals surface area contributed by atoms with Crippen molar-refractivity contribution in [1.82, 2.24) is 0 Å². The van der Waals surface area contributed by atoms with Crippen LogP contribution >= 0.6 is 25.3 Å². The first-order valence-electron chi connectivity index (χ1n) is 4.35. The van der Waals surface area contributed by atoms with Gasteiger partial charge in [-0.1, -0.05) is 0 Å². The Balaban J connectivity index is 4.05. The summed E-state index contributed by atoms with van der Waals surface area (Å²) < 4.78 is 9.45. The molecule has 0 aromatic heterocycles. The Morgan fingerprint density at radius 3 is 2.20 bits per heavy atom. The Morgan fingerprint density at radius 2 is 1.67 bits per heavy atom. The summed E-state index contributed by atoms with van der Waals surface area (Å²) in [5.74, 6) is -0.206. The highest BCUT2D eigenvalue weighted by molar-refractivity contribution is 7.80. The maximum absolute atomic E-state index is 11.2. The highest BCUT2D eigenvalue weighted by Crippen LogP contribution is 1.98. The fourth-order valence-corrected chi connectivity index (χ4v) is 0.858. The standard InChI is InChI=1S/C9H14O4S2/c1-7(9(11)13-3-5-15)6-8(10)12-2-4-14/h6,14-15H,2-5H2,1H3/b7-6-. The third-order valence-electron chi connectivity index (χ3n) is 1.32. The highest BCUT2D eigenvalue weighted by atomic mass is 32.1. The Labute approximate surface area is 99.8 Å². The SMILES string of the molecule is C/C(=C/C(=O)OCCS)C(=O)OCCS. The lowest BCUT2D eigenvalue weighted by molar-refractivity contribution is -0.140. The zero-order valence-corrected chi connectivity index (χ0v) is 10.2. The molecule has 0 aliphatic rings. The molecule has 0 fully saturated rings. The molecule has 0 amide bonds. The lowest BCUT2D eigenvalue weighted by Gasteiger charge is -2.02. The predicted octanol–water partition coefficient (Wildman–Crippen LogP) is 0.879. The zero-order valence-electron chi connectivity index (χ0n) is 8.43. The van der Waals surface area contributed by atoms with E-state index < -0.39 is 11.9 Å². The fourth-order valence-electron chi connectivity index (χ4n) is 0.676. The normalized spacial score (nSPS) is 11.0. The Morgan fingerprint density at radius 1 is 1.13 bits per heavy atom. The van der Waals surface area contributed by atoms with Crippen molar-refractivity contribution in [2.24, 2.45) is 0 Å². The first kappa shape index (κ1) is 14.4. The molecule has 0 heterocycles. The van der Waals surface area contributed by atoms with Crippen molar-refractivity contribution < 1.29 is 19.1 Å². The lowest BCUT2D eigenvalue weighted by Crippen LogP contribution is -2.11. The third-order valence-corrected chi connectivity index (χ3v) is 1.68. The third kappa shape index (κ3) is 7.33. The largest absolute Gasteiger partial charge is 0.462 e. The van der Waals surface area contributed by atoms with Crippen LogP contribution in [0.4, 0.5) is 0 Å². The van der Waals surface area contributed by atoms with Crippen molar-refractivity contribution in [3.05, 3.63) is 11.6 Å². The van der Waals surface area contributed by atoms with Crippen LogP contribution in [0.1, 0.15) is 6.92 Å². The van der Waals surface area contributed by atoms with Crippen LogP contribution in [0.3, 0.4) is 0 Å². The number of thiol groups is 2. The van der Waals surface area contributed by atoms with Gasteiger partial charge in [0.05, 0.1) is 0 Å². The molecule has 0 rings (SSSR count). The van der Waals surface area contributed by atoms with Crippen LogP contribution in [-0.4, -0.2) is 36.7 Å². The van der Waals surface area contributed by atoms with E-state index in [1.54, 1.807) is 0 Å². The van der Waals surface area contributed by atoms with E-state index in [9.17, 15) is 9.59 Å². The molecule has 0 unspecified atom stereocenters. The summed E-state index contributed by atoms with van der Waals surface area (Å²) in [4.78, 5) is 22.2. The highest BCUT2D eigenvalue weighted by Gasteiger charge is 2.07. The first-order chi connectivity index (χ1) is 7.11. The van der Waals surface area contributed by atoms with Crippen molar-refractivity contribution >= 4 is 37.2 Å². The van der Waals surface area contributed by atoms with Gasteiger partial charge in [-0.25, -0.2) is 9.59 Å². The molecule has 0 saturated carbocycles. The van der Waals surface area contributed by atoms with E-state index in [4.69, 9.17) is 9.47 Å². The number of ether oxygens (including phenoxy) is 2. The number of hydrogen-bond donors (Lipinski definition) is 2. The van der Waals surface area contributed by atoms with E-state index in [0.717, 1.165) is 6.08 Å². The monoisotopic (exact) mass is 250 g/mol. The summed E-state index contributed by atoms with van der Waals surface area (Å²) in [5, 5.41) is 0. The zero-order chi connectivity index (χ0) is 11.7. The van der Waals surface area contributed by atoms with Gasteiger partial charge in [0, 0.05) is 23.2 Å². The Bertz CT molecular complexity index is 250. The average Bonchev–Trinajstić information content (AvgIpc) is 2.22. The maximum atomic E-state index is 11.2. The van der Waals surface area contributed by atoms with Gasteiger partial charge in [-0.3, -0.25) is 0 Å². The molecule has 86 valence electrons. The summed E-state index contributed by atoms with van der Waals surface area (Å²) in [6.07, 6.45) is 1.10. The van der Waals surface area contributed by atoms with E-state index in [1.165, 1.54) is 6.92 Å². The van der Waals surface area contributed by atoms with Gasteiger partial charge in [-0.15, -0.1) is 0 Å². The van der Waals surface area contributed by atoms with Crippen LogP contribution in [0.15, 0.2) is 11.6 Å². The molecule has 0 aliphatic heterocycles. The van der Waals surface area contributed by atoms with Gasteiger partial charge in [0.15, 0.2) is 0 Å². The second kappa shape index (κ2) is 8.67. The fraction of sp³-hybridized carbons (Fsp3) is 0.556. The predicted molar refractivity (Wildman–Crippen MR) is 63.4 cm³/mol. The second-order valence-electron chi connectivity index (χ2n) is 2.58. The summed E-state index contributed by atoms with van der Waals surface area (Å²) in [5.41, 5.74) is 0.209. The molecule has 0 aromatic rings. The van der Waals surface area contributed by atoms with Gasteiger partial charge in [0.25, 0.3) is 0 Å². The smallest absolute Gasteiger partial charge is 0.334 e. The van der Waals surface area contributed by atoms with Crippen molar-refractivity contribution in [1.29, 1.82) is 0 Å². The first-order valence-corrected chi connectivity index (χ1v) is 5.62. The number of carbonyl (C=O) groups excluding carboxylic acids is 2. The van der Waals surface area contributed by atoms with Crippen LogP contribution < -0.4 is 0 Å². The minimum atomic E-state index is -0.565. The molecule has 0 aliphatic carbocycles. The van der Waals surface area contributed by atoms with Crippen molar-refractivity contribution in [2.45, 2.75) is 6.92 Å². The molecule has 15 heavy (non-hydrogen) atoms. The van der Waals surface area contributed by atoms with Crippen LogP contribution in [0, 0.1) is 0 Å². The molecule has 0 aromatic carbocycles. The average molecular weight is 250 g/mol. The van der Waals surface area contributed by atoms with Gasteiger partial charge in [0.1, 0.15) is 13.2 Å². The number of esters is 2. The van der Waals surface area contributed by atoms with Crippen LogP contribution in [0.25, 0.3) is 0 Å². The molecule has 4 nitrogen and oxygen atoms in total. The van der Waals surface area contributed by atoms with E-state index in [-0.39, 0.29) is 18.8 Å². The number of hydrogen-bond acceptors (Lipinski definition) is 6. The topological polar surface area (TPSA) is 52.6 Å². The van der Waals surface area contributed by atoms with E-state index in [1.807, 2.05) is 0 Å². The molecular weight excluding hydrogens is 236 g/mol. The van der Waals surface area contributed by atoms with Gasteiger partial charge < -0.3 is 9.47 Å². The van der Waals surface area contributed by atoms with Gasteiger partial charge in [0.2, 0.25) is 0 Å². The van der Waals surface area contributed by atoms with Crippen molar-refractivity contribution in [3.8, 4) is 0 Å². The number of rotatable bonds is 6. The van der Waals surface area contributed by atoms with E-state index >= 15 is 0 Å². The van der Waals surface area contributed by atoms with Crippen LogP contribution in [-0.2, 0) is 19.1 Å². The molecule has 0 radical (unpaired) electrons. The molecule has 0 atom stereocenters. The van der Waals surface area contributed by atoms with Crippen molar-refractivity contribution in [2.75, 3.05) is 24.7 Å². The number of carbonyl (C=O) groups is 2. The molecule has 0 N–H and O–H groups in total. The van der Waals surface area contributed by atoms with Gasteiger partial charge >= 0.3 is 11.9 Å². The molecule has 0 saturated heterocycles. The van der Waals surface area contributed by atoms with Gasteiger partial charge in [-0.05, 0) is 6.92 Å². The summed E-state index contributed by atoms with van der Waals surface area (Å²) in [6, 6.07) is 0.